The molecule has 0 radical (unpaired) electrons. The van der Waals surface area contributed by atoms with Crippen LogP contribution in [0.15, 0.2) is 36.4 Å². The number of rotatable bonds is 5. The van der Waals surface area contributed by atoms with Crippen molar-refractivity contribution in [3.05, 3.63) is 47.5 Å². The number of carboxylic acid groups (broad SMARTS) is 1. The predicted octanol–water partition coefficient (Wildman–Crippen LogP) is 3.49. The minimum absolute atomic E-state index is 0.0777. The summed E-state index contributed by atoms with van der Waals surface area (Å²) in [7, 11) is 0. The summed E-state index contributed by atoms with van der Waals surface area (Å²) >= 11 is 0. The molecule has 0 bridgehead atoms. The van der Waals surface area contributed by atoms with Crippen LogP contribution < -0.4 is 18.9 Å². The van der Waals surface area contributed by atoms with Crippen molar-refractivity contribution in [3.8, 4) is 23.0 Å². The van der Waals surface area contributed by atoms with E-state index in [4.69, 9.17) is 14.6 Å². The lowest BCUT2D eigenvalue weighted by atomic mass is 9.96. The van der Waals surface area contributed by atoms with Crippen LogP contribution in [-0.2, 0) is 11.4 Å². The molecule has 6 nitrogen and oxygen atoms in total. The Morgan fingerprint density at radius 1 is 1.26 bits per heavy atom. The first-order chi connectivity index (χ1) is 12.8. The predicted molar refractivity (Wildman–Crippen MR) is 84.2 cm³/mol. The molecule has 0 aromatic heterocycles. The van der Waals surface area contributed by atoms with Gasteiger partial charge in [0.15, 0.2) is 11.5 Å². The van der Waals surface area contributed by atoms with Crippen molar-refractivity contribution in [3.63, 3.8) is 0 Å². The Kier molecular flexibility index (Phi) is 4.01. The van der Waals surface area contributed by atoms with Crippen LogP contribution in [0, 0.1) is 0 Å². The molecule has 2 aliphatic rings. The third-order valence-electron chi connectivity index (χ3n) is 4.30. The minimum Gasteiger partial charge on any atom is -0.492 e. The molecule has 0 aliphatic carbocycles. The van der Waals surface area contributed by atoms with Gasteiger partial charge in [0.1, 0.15) is 18.1 Å². The van der Waals surface area contributed by atoms with Crippen molar-refractivity contribution < 1.29 is 42.0 Å². The highest BCUT2D eigenvalue weighted by atomic mass is 19.3. The van der Waals surface area contributed by atoms with Gasteiger partial charge in [0.25, 0.3) is 0 Å². The van der Waals surface area contributed by atoms with Gasteiger partial charge in [-0.25, -0.2) is 9.18 Å². The lowest BCUT2D eigenvalue weighted by Crippen LogP contribution is -2.26. The minimum atomic E-state index is -3.72. The van der Waals surface area contributed by atoms with Gasteiger partial charge in [-0.3, -0.25) is 0 Å². The highest BCUT2D eigenvalue weighted by molar-refractivity contribution is 5.74. The molecule has 4 rings (SSSR count). The Morgan fingerprint density at radius 2 is 2.07 bits per heavy atom. The van der Waals surface area contributed by atoms with Crippen LogP contribution in [-0.4, -0.2) is 30.1 Å². The molecule has 0 fully saturated rings. The van der Waals surface area contributed by atoms with Gasteiger partial charge in [-0.2, -0.15) is 0 Å². The molecular formula is C18H13F3O6. The zero-order valence-corrected chi connectivity index (χ0v) is 13.7. The van der Waals surface area contributed by atoms with Crippen molar-refractivity contribution in [2.24, 2.45) is 0 Å². The summed E-state index contributed by atoms with van der Waals surface area (Å²) in [5.74, 6) is -1.94. The van der Waals surface area contributed by atoms with Crippen molar-refractivity contribution >= 4 is 5.97 Å². The number of para-hydroxylation sites is 1. The third-order valence-corrected chi connectivity index (χ3v) is 4.30. The normalized spacial score (nSPS) is 19.9. The van der Waals surface area contributed by atoms with Crippen LogP contribution in [0.5, 0.6) is 23.0 Å². The molecule has 2 unspecified atom stereocenters. The fraction of sp³-hybridized carbons (Fsp3) is 0.278. The zero-order valence-electron chi connectivity index (χ0n) is 13.7. The number of hydrogen-bond donors (Lipinski definition) is 1. The van der Waals surface area contributed by atoms with Gasteiger partial charge in [-0.1, -0.05) is 18.2 Å². The molecule has 9 heteroatoms. The SMILES string of the molecule is O=C(O)C(F)C1COc2cc(OCc3cccc4c3OC(F)(F)O4)ccc21. The van der Waals surface area contributed by atoms with Crippen molar-refractivity contribution in [1.29, 1.82) is 0 Å². The Morgan fingerprint density at radius 3 is 2.85 bits per heavy atom. The highest BCUT2D eigenvalue weighted by Gasteiger charge is 2.44. The summed E-state index contributed by atoms with van der Waals surface area (Å²) in [5.41, 5.74) is 0.799. The quantitative estimate of drug-likeness (QED) is 0.854. The monoisotopic (exact) mass is 382 g/mol. The van der Waals surface area contributed by atoms with Crippen LogP contribution in [0.4, 0.5) is 13.2 Å². The maximum absolute atomic E-state index is 13.8. The van der Waals surface area contributed by atoms with Crippen LogP contribution in [0.25, 0.3) is 0 Å². The number of halogens is 3. The number of fused-ring (bicyclic) bond motifs is 2. The second-order valence-electron chi connectivity index (χ2n) is 6.06. The smallest absolute Gasteiger partial charge is 0.492 e. The lowest BCUT2D eigenvalue weighted by molar-refractivity contribution is -0.287. The molecule has 2 heterocycles. The number of aliphatic carboxylic acids is 1. The first-order valence-corrected chi connectivity index (χ1v) is 7.98. The van der Waals surface area contributed by atoms with Crippen LogP contribution in [0.2, 0.25) is 0 Å². The van der Waals surface area contributed by atoms with Crippen LogP contribution in [0.1, 0.15) is 17.0 Å². The summed E-state index contributed by atoms with van der Waals surface area (Å²) in [6.07, 6.45) is -5.79. The van der Waals surface area contributed by atoms with Crippen LogP contribution >= 0.6 is 0 Å². The first kappa shape index (κ1) is 17.3. The number of ether oxygens (including phenoxy) is 4. The standard InChI is InChI=1S/C18H13F3O6/c19-15(17(22)23)12-8-25-14-6-10(4-5-11(12)14)24-7-9-2-1-3-13-16(9)27-18(20,21)26-13/h1-6,12,15H,7-8H2,(H,22,23). The fourth-order valence-electron chi connectivity index (χ4n) is 3.02. The van der Waals surface area contributed by atoms with E-state index < -0.39 is 24.4 Å². The molecule has 0 saturated carbocycles. The molecule has 2 aromatic carbocycles. The molecule has 1 N–H and O–H groups in total. The van der Waals surface area contributed by atoms with E-state index in [1.807, 2.05) is 0 Å². The summed E-state index contributed by atoms with van der Waals surface area (Å²) in [4.78, 5) is 10.8. The Hall–Kier alpha value is -3.10. The van der Waals surface area contributed by atoms with Crippen molar-refractivity contribution in [2.75, 3.05) is 6.61 Å². The second-order valence-corrected chi connectivity index (χ2v) is 6.06. The molecular weight excluding hydrogens is 369 g/mol. The van der Waals surface area contributed by atoms with Gasteiger partial charge < -0.3 is 24.1 Å². The van der Waals surface area contributed by atoms with Gasteiger partial charge in [-0.15, -0.1) is 8.78 Å². The average Bonchev–Trinajstić information content (AvgIpc) is 3.17. The molecule has 2 atom stereocenters. The van der Waals surface area contributed by atoms with E-state index >= 15 is 0 Å². The van der Waals surface area contributed by atoms with E-state index in [-0.39, 0.29) is 24.7 Å². The molecule has 27 heavy (non-hydrogen) atoms. The van der Waals surface area contributed by atoms with Crippen LogP contribution in [0.3, 0.4) is 0 Å². The molecule has 2 aliphatic heterocycles. The van der Waals surface area contributed by atoms with Crippen molar-refractivity contribution in [2.45, 2.75) is 25.0 Å². The van der Waals surface area contributed by atoms with Crippen molar-refractivity contribution in [1.82, 2.24) is 0 Å². The summed E-state index contributed by atoms with van der Waals surface area (Å²) < 4.78 is 60.0. The highest BCUT2D eigenvalue weighted by Crippen LogP contribution is 2.44. The Labute approximate surface area is 151 Å². The number of carbonyl (C=O) groups is 1. The van der Waals surface area contributed by atoms with Gasteiger partial charge in [-0.05, 0) is 12.1 Å². The molecule has 0 saturated heterocycles. The van der Waals surface area contributed by atoms with E-state index in [2.05, 4.69) is 9.47 Å². The molecule has 2 aromatic rings. The number of benzene rings is 2. The first-order valence-electron chi connectivity index (χ1n) is 7.98. The molecule has 142 valence electrons. The lowest BCUT2D eigenvalue weighted by Gasteiger charge is -2.11. The van der Waals surface area contributed by atoms with Gasteiger partial charge in [0.05, 0.1) is 12.5 Å². The van der Waals surface area contributed by atoms with E-state index in [0.29, 0.717) is 22.6 Å². The Balaban J connectivity index is 1.49. The van der Waals surface area contributed by atoms with E-state index in [9.17, 15) is 18.0 Å². The van der Waals surface area contributed by atoms with Gasteiger partial charge in [0.2, 0.25) is 6.17 Å². The zero-order chi connectivity index (χ0) is 19.2. The molecule has 0 amide bonds. The van der Waals surface area contributed by atoms with E-state index in [0.717, 1.165) is 0 Å². The second kappa shape index (κ2) is 6.26. The summed E-state index contributed by atoms with van der Waals surface area (Å²) in [5, 5.41) is 8.82. The largest absolute Gasteiger partial charge is 0.586 e. The maximum Gasteiger partial charge on any atom is 0.586 e. The third kappa shape index (κ3) is 3.20. The summed E-state index contributed by atoms with van der Waals surface area (Å²) in [6, 6.07) is 9.01. The molecule has 0 spiro atoms. The van der Waals surface area contributed by atoms with E-state index in [1.165, 1.54) is 30.3 Å². The number of carboxylic acids is 1. The van der Waals surface area contributed by atoms with Gasteiger partial charge in [0, 0.05) is 17.2 Å². The van der Waals surface area contributed by atoms with E-state index in [1.54, 1.807) is 6.07 Å². The number of alkyl halides is 3. The number of hydrogen-bond acceptors (Lipinski definition) is 5. The average molecular weight is 382 g/mol. The maximum atomic E-state index is 13.8. The Bertz CT molecular complexity index is 901. The fourth-order valence-corrected chi connectivity index (χ4v) is 3.02. The topological polar surface area (TPSA) is 74.2 Å². The summed E-state index contributed by atoms with van der Waals surface area (Å²) in [6.45, 7) is -0.162. The van der Waals surface area contributed by atoms with Gasteiger partial charge >= 0.3 is 12.3 Å².